The highest BCUT2D eigenvalue weighted by atomic mass is 16.1. The first-order valence-corrected chi connectivity index (χ1v) is 2.17. The second-order valence-corrected chi connectivity index (χ2v) is 1.43. The zero-order valence-corrected chi connectivity index (χ0v) is 4.85. The van der Waals surface area contributed by atoms with E-state index in [9.17, 15) is 4.79 Å². The number of hydrogen-bond acceptors (Lipinski definition) is 2. The Hall–Kier alpha value is -1.56. The van der Waals surface area contributed by atoms with Crippen LogP contribution in [0.25, 0.3) is 0 Å². The van der Waals surface area contributed by atoms with Gasteiger partial charge in [-0.15, -0.1) is 0 Å². The molecule has 0 saturated carbocycles. The number of hydrogen-bond donors (Lipinski definition) is 1. The molecule has 0 fully saturated rings. The summed E-state index contributed by atoms with van der Waals surface area (Å²) in [5.41, 5.74) is 4.75. The van der Waals surface area contributed by atoms with Gasteiger partial charge in [-0.05, 0) is 0 Å². The number of primary amides is 1. The van der Waals surface area contributed by atoms with Crippen molar-refractivity contribution < 1.29 is 4.79 Å². The third kappa shape index (κ3) is 1.78. The maximum atomic E-state index is 10.2. The van der Waals surface area contributed by atoms with Gasteiger partial charge in [0.05, 0.1) is 11.6 Å². The molecule has 0 rings (SSSR count). The summed E-state index contributed by atoms with van der Waals surface area (Å²) < 4.78 is 0. The van der Waals surface area contributed by atoms with Crippen LogP contribution >= 0.6 is 0 Å². The molecule has 3 heteroatoms. The average Bonchev–Trinajstić information content (AvgIpc) is 1.84. The number of carbonyl (C=O) groups excluding carboxylic acids is 1. The second-order valence-electron chi connectivity index (χ2n) is 1.43. The van der Waals surface area contributed by atoms with E-state index in [2.05, 4.69) is 13.2 Å². The van der Waals surface area contributed by atoms with Crippen molar-refractivity contribution in [3.63, 3.8) is 0 Å². The van der Waals surface area contributed by atoms with Gasteiger partial charge in [0.1, 0.15) is 0 Å². The number of nitrogens with two attached hydrogens (primary N) is 1. The number of rotatable bonds is 2. The van der Waals surface area contributed by atoms with Gasteiger partial charge in [0.2, 0.25) is 5.91 Å². The van der Waals surface area contributed by atoms with Crippen LogP contribution in [0.2, 0.25) is 0 Å². The first-order chi connectivity index (χ1) is 4.09. The van der Waals surface area contributed by atoms with Crippen LogP contribution in [0.1, 0.15) is 0 Å². The minimum atomic E-state index is -0.707. The van der Waals surface area contributed by atoms with Crippen LogP contribution in [-0.4, -0.2) is 5.91 Å². The van der Waals surface area contributed by atoms with Gasteiger partial charge in [-0.1, -0.05) is 13.2 Å². The van der Waals surface area contributed by atoms with E-state index in [0.29, 0.717) is 0 Å². The Balaban J connectivity index is 4.28. The summed E-state index contributed by atoms with van der Waals surface area (Å²) in [6, 6.07) is 1.65. The van der Waals surface area contributed by atoms with Crippen LogP contribution in [0.15, 0.2) is 24.3 Å². The van der Waals surface area contributed by atoms with E-state index in [1.165, 1.54) is 0 Å². The molecule has 2 N–H and O–H groups in total. The minimum Gasteiger partial charge on any atom is -0.366 e. The second kappa shape index (κ2) is 2.68. The highest BCUT2D eigenvalue weighted by Crippen LogP contribution is 2.00. The normalized spacial score (nSPS) is 7.44. The summed E-state index contributed by atoms with van der Waals surface area (Å²) in [6.45, 7) is 6.46. The SMILES string of the molecule is C=C(C#N)C(=C)C(N)=O. The van der Waals surface area contributed by atoms with Gasteiger partial charge >= 0.3 is 0 Å². The Labute approximate surface area is 53.1 Å². The van der Waals surface area contributed by atoms with Gasteiger partial charge in [0, 0.05) is 5.57 Å². The summed E-state index contributed by atoms with van der Waals surface area (Å²) in [5.74, 6) is -0.707. The smallest absolute Gasteiger partial charge is 0.249 e. The van der Waals surface area contributed by atoms with Crippen molar-refractivity contribution in [2.75, 3.05) is 0 Å². The van der Waals surface area contributed by atoms with Gasteiger partial charge in [0.25, 0.3) is 0 Å². The zero-order chi connectivity index (χ0) is 7.44. The zero-order valence-electron chi connectivity index (χ0n) is 4.85. The molecule has 1 amide bonds. The van der Waals surface area contributed by atoms with Crippen molar-refractivity contribution in [2.45, 2.75) is 0 Å². The molecule has 0 aliphatic rings. The predicted molar refractivity (Wildman–Crippen MR) is 33.1 cm³/mol. The van der Waals surface area contributed by atoms with Crippen molar-refractivity contribution in [3.05, 3.63) is 24.3 Å². The molecule has 0 unspecified atom stereocenters. The standard InChI is InChI=1S/C6H6N2O/c1-4(3-7)5(2)6(8)9/h1-2H2,(H2,8,9). The Morgan fingerprint density at radius 1 is 1.56 bits per heavy atom. The Bertz CT molecular complexity index is 210. The van der Waals surface area contributed by atoms with Gasteiger partial charge in [-0.2, -0.15) is 5.26 Å². The molecule has 0 aliphatic carbocycles. The predicted octanol–water partition coefficient (Wildman–Crippen LogP) is 0.108. The molecule has 0 radical (unpaired) electrons. The van der Waals surface area contributed by atoms with Crippen LogP contribution in [0, 0.1) is 11.3 Å². The highest BCUT2D eigenvalue weighted by molar-refractivity contribution is 5.96. The molecule has 0 bridgehead atoms. The van der Waals surface area contributed by atoms with Gasteiger partial charge in [0.15, 0.2) is 0 Å². The Kier molecular flexibility index (Phi) is 2.21. The molecule has 46 valence electrons. The quantitative estimate of drug-likeness (QED) is 0.321. The van der Waals surface area contributed by atoms with E-state index in [1.807, 2.05) is 0 Å². The minimum absolute atomic E-state index is 0.0162. The van der Waals surface area contributed by atoms with E-state index in [4.69, 9.17) is 11.0 Å². The van der Waals surface area contributed by atoms with Crippen LogP contribution < -0.4 is 5.73 Å². The summed E-state index contributed by atoms with van der Waals surface area (Å²) >= 11 is 0. The van der Waals surface area contributed by atoms with Crippen LogP contribution in [0.4, 0.5) is 0 Å². The molecule has 9 heavy (non-hydrogen) atoms. The molecule has 0 aliphatic heterocycles. The fraction of sp³-hybridized carbons (Fsp3) is 0. The molecule has 0 atom stereocenters. The molecular weight excluding hydrogens is 116 g/mol. The molecule has 0 aromatic carbocycles. The first kappa shape index (κ1) is 7.44. The van der Waals surface area contributed by atoms with Gasteiger partial charge < -0.3 is 5.73 Å². The molecule has 0 aromatic rings. The summed E-state index contributed by atoms with van der Waals surface area (Å²) in [5, 5.41) is 8.14. The van der Waals surface area contributed by atoms with E-state index in [0.717, 1.165) is 0 Å². The fourth-order valence-corrected chi connectivity index (χ4v) is 0.216. The van der Waals surface area contributed by atoms with Crippen molar-refractivity contribution in [3.8, 4) is 6.07 Å². The lowest BCUT2D eigenvalue weighted by molar-refractivity contribution is -0.114. The third-order valence-electron chi connectivity index (χ3n) is 0.797. The lowest BCUT2D eigenvalue weighted by atomic mass is 10.1. The number of carbonyl (C=O) groups is 1. The van der Waals surface area contributed by atoms with Crippen molar-refractivity contribution in [1.29, 1.82) is 5.26 Å². The van der Waals surface area contributed by atoms with E-state index in [-0.39, 0.29) is 11.1 Å². The maximum Gasteiger partial charge on any atom is 0.249 e. The summed E-state index contributed by atoms with van der Waals surface area (Å²) in [4.78, 5) is 10.2. The Morgan fingerprint density at radius 3 is 2.11 bits per heavy atom. The van der Waals surface area contributed by atoms with Crippen molar-refractivity contribution in [1.82, 2.24) is 0 Å². The molecular formula is C6H6N2O. The highest BCUT2D eigenvalue weighted by Gasteiger charge is 2.03. The van der Waals surface area contributed by atoms with Crippen molar-refractivity contribution >= 4 is 5.91 Å². The topological polar surface area (TPSA) is 66.9 Å². The van der Waals surface area contributed by atoms with Crippen LogP contribution in [0.3, 0.4) is 0 Å². The lowest BCUT2D eigenvalue weighted by Crippen LogP contribution is -2.13. The molecule has 0 heterocycles. The first-order valence-electron chi connectivity index (χ1n) is 2.17. The molecule has 0 spiro atoms. The average molecular weight is 122 g/mol. The van der Waals surface area contributed by atoms with Gasteiger partial charge in [-0.3, -0.25) is 4.79 Å². The number of amides is 1. The van der Waals surface area contributed by atoms with Crippen LogP contribution in [-0.2, 0) is 4.79 Å². The summed E-state index contributed by atoms with van der Waals surface area (Å²) in [6.07, 6.45) is 0. The fourth-order valence-electron chi connectivity index (χ4n) is 0.216. The monoisotopic (exact) mass is 122 g/mol. The number of nitriles is 1. The summed E-state index contributed by atoms with van der Waals surface area (Å²) in [7, 11) is 0. The van der Waals surface area contributed by atoms with E-state index in [1.54, 1.807) is 6.07 Å². The van der Waals surface area contributed by atoms with Crippen LogP contribution in [0.5, 0.6) is 0 Å². The molecule has 0 aromatic heterocycles. The van der Waals surface area contributed by atoms with E-state index >= 15 is 0 Å². The van der Waals surface area contributed by atoms with E-state index < -0.39 is 5.91 Å². The maximum absolute atomic E-state index is 10.2. The number of nitrogens with zero attached hydrogens (tertiary/aromatic N) is 1. The Morgan fingerprint density at radius 2 is 2.00 bits per heavy atom. The molecule has 0 saturated heterocycles. The van der Waals surface area contributed by atoms with Crippen molar-refractivity contribution in [2.24, 2.45) is 5.73 Å². The van der Waals surface area contributed by atoms with Gasteiger partial charge in [-0.25, -0.2) is 0 Å². The largest absolute Gasteiger partial charge is 0.366 e. The third-order valence-corrected chi connectivity index (χ3v) is 0.797. The molecule has 3 nitrogen and oxygen atoms in total. The lowest BCUT2D eigenvalue weighted by Gasteiger charge is -1.91.